The molecule has 0 radical (unpaired) electrons. The molecular weight excluding hydrogens is 649 g/mol. The Bertz CT molecular complexity index is 2230. The molecule has 242 valence electrons. The predicted octanol–water partition coefficient (Wildman–Crippen LogP) is 4.52. The van der Waals surface area contributed by atoms with Gasteiger partial charge >= 0.3 is 0 Å². The highest BCUT2D eigenvalue weighted by atomic mass is 32.2. The topological polar surface area (TPSA) is 233 Å². The van der Waals surface area contributed by atoms with E-state index < -0.39 is 20.0 Å². The van der Waals surface area contributed by atoms with Crippen molar-refractivity contribution < 1.29 is 41.1 Å². The standard InChI is InChI=1S/C16H14N2O5S.C16H14N2O4S/c17-24(21,22)13-7-3-10(4-8-13)15-14(9-19)23-18-16(15)11-1-5-12(20)6-2-11;1-10-18-15(11-2-6-13(19)7-3-11)16(22-10)12-4-8-14(9-5-12)23(17,20)21/h1-8,19-20H,9H2,(H2,17,21,22);2-9,19H,1H3,(H2,17,20,21). The molecule has 2 aromatic heterocycles. The lowest BCUT2D eigenvalue weighted by atomic mass is 9.99. The van der Waals surface area contributed by atoms with Crippen molar-refractivity contribution in [3.8, 4) is 56.5 Å². The number of aliphatic hydroxyl groups is 1. The molecule has 0 aliphatic carbocycles. The summed E-state index contributed by atoms with van der Waals surface area (Å²) in [7, 11) is -7.52. The fourth-order valence-corrected chi connectivity index (χ4v) is 5.62. The molecule has 47 heavy (non-hydrogen) atoms. The number of hydrogen-bond acceptors (Lipinski definition) is 11. The maximum Gasteiger partial charge on any atom is 0.238 e. The van der Waals surface area contributed by atoms with Crippen molar-refractivity contribution >= 4 is 20.0 Å². The van der Waals surface area contributed by atoms with E-state index in [9.17, 15) is 32.2 Å². The molecule has 0 saturated heterocycles. The molecule has 0 saturated carbocycles. The number of nitrogens with two attached hydrogens (primary N) is 2. The second-order valence-electron chi connectivity index (χ2n) is 10.1. The highest BCUT2D eigenvalue weighted by Gasteiger charge is 2.20. The van der Waals surface area contributed by atoms with E-state index in [2.05, 4.69) is 10.1 Å². The summed E-state index contributed by atoms with van der Waals surface area (Å²) in [6.45, 7) is 1.36. The van der Waals surface area contributed by atoms with Gasteiger partial charge in [0.25, 0.3) is 0 Å². The van der Waals surface area contributed by atoms with Crippen molar-refractivity contribution in [3.05, 3.63) is 109 Å². The Morgan fingerprint density at radius 3 is 1.51 bits per heavy atom. The van der Waals surface area contributed by atoms with E-state index in [1.807, 2.05) is 0 Å². The van der Waals surface area contributed by atoms with Crippen LogP contribution in [0.4, 0.5) is 0 Å². The summed E-state index contributed by atoms with van der Waals surface area (Å²) in [5.41, 5.74) is 4.40. The number of aromatic nitrogens is 2. The second kappa shape index (κ2) is 13.2. The molecule has 4 aromatic carbocycles. The molecule has 0 aliphatic heterocycles. The van der Waals surface area contributed by atoms with Gasteiger partial charge in [-0.2, -0.15) is 0 Å². The third kappa shape index (κ3) is 7.57. The van der Waals surface area contributed by atoms with E-state index in [-0.39, 0.29) is 33.7 Å². The van der Waals surface area contributed by atoms with Gasteiger partial charge in [0.15, 0.2) is 17.4 Å². The van der Waals surface area contributed by atoms with E-state index >= 15 is 0 Å². The van der Waals surface area contributed by atoms with Gasteiger partial charge in [-0.25, -0.2) is 32.1 Å². The first kappa shape index (κ1) is 33.1. The summed E-state index contributed by atoms with van der Waals surface area (Å²) in [5.74, 6) is 1.53. The van der Waals surface area contributed by atoms with Gasteiger partial charge in [-0.15, -0.1) is 0 Å². The van der Waals surface area contributed by atoms with Gasteiger partial charge in [0, 0.05) is 23.6 Å². The van der Waals surface area contributed by atoms with E-state index in [4.69, 9.17) is 19.2 Å². The third-order valence-electron chi connectivity index (χ3n) is 6.84. The molecule has 13 nitrogen and oxygen atoms in total. The van der Waals surface area contributed by atoms with Crippen LogP contribution in [-0.2, 0) is 26.7 Å². The summed E-state index contributed by atoms with van der Waals surface area (Å²) in [6, 6.07) is 24.9. The summed E-state index contributed by atoms with van der Waals surface area (Å²) in [6.07, 6.45) is 0. The highest BCUT2D eigenvalue weighted by molar-refractivity contribution is 7.89. The van der Waals surface area contributed by atoms with Crippen LogP contribution in [0.25, 0.3) is 45.0 Å². The number of oxazole rings is 1. The van der Waals surface area contributed by atoms with Gasteiger partial charge in [0.1, 0.15) is 29.5 Å². The van der Waals surface area contributed by atoms with Crippen LogP contribution >= 0.6 is 0 Å². The van der Waals surface area contributed by atoms with Gasteiger partial charge in [-0.1, -0.05) is 17.3 Å². The number of primary sulfonamides is 2. The molecule has 15 heteroatoms. The first-order valence-electron chi connectivity index (χ1n) is 13.7. The van der Waals surface area contributed by atoms with Gasteiger partial charge in [0.05, 0.1) is 15.4 Å². The SMILES string of the molecule is Cc1nc(-c2ccc(O)cc2)c(-c2ccc(S(N)(=O)=O)cc2)o1.NS(=O)(=O)c1ccc(-c2c(-c3ccc(O)cc3)noc2CO)cc1. The highest BCUT2D eigenvalue weighted by Crippen LogP contribution is 2.36. The van der Waals surface area contributed by atoms with Crippen LogP contribution in [0.15, 0.2) is 116 Å². The Morgan fingerprint density at radius 1 is 0.638 bits per heavy atom. The minimum atomic E-state index is -3.79. The molecule has 0 bridgehead atoms. The second-order valence-corrected chi connectivity index (χ2v) is 13.3. The molecule has 0 unspecified atom stereocenters. The molecule has 0 atom stereocenters. The van der Waals surface area contributed by atoms with Crippen molar-refractivity contribution in [2.45, 2.75) is 23.3 Å². The number of hydrogen-bond donors (Lipinski definition) is 5. The number of sulfonamides is 2. The Morgan fingerprint density at radius 2 is 1.06 bits per heavy atom. The first-order valence-corrected chi connectivity index (χ1v) is 16.8. The van der Waals surface area contributed by atoms with Crippen LogP contribution in [0.5, 0.6) is 11.5 Å². The van der Waals surface area contributed by atoms with Crippen LogP contribution < -0.4 is 10.3 Å². The summed E-state index contributed by atoms with van der Waals surface area (Å²) < 4.78 is 56.2. The molecule has 6 rings (SSSR count). The van der Waals surface area contributed by atoms with Crippen molar-refractivity contribution in [3.63, 3.8) is 0 Å². The van der Waals surface area contributed by atoms with Gasteiger partial charge in [-0.05, 0) is 90.5 Å². The normalized spacial score (nSPS) is 11.6. The molecule has 0 amide bonds. The third-order valence-corrected chi connectivity index (χ3v) is 8.70. The number of phenolic OH excluding ortho intramolecular Hbond substituents is 2. The average Bonchev–Trinajstić information content (AvgIpc) is 3.65. The number of rotatable bonds is 7. The maximum absolute atomic E-state index is 11.4. The zero-order valence-corrected chi connectivity index (χ0v) is 26.2. The van der Waals surface area contributed by atoms with Crippen molar-refractivity contribution in [1.29, 1.82) is 0 Å². The molecule has 7 N–H and O–H groups in total. The van der Waals surface area contributed by atoms with E-state index in [1.165, 1.54) is 36.4 Å². The molecular formula is C32H28N4O9S2. The number of aliphatic hydroxyl groups excluding tert-OH is 1. The van der Waals surface area contributed by atoms with Crippen LogP contribution in [0.3, 0.4) is 0 Å². The maximum atomic E-state index is 11.4. The number of benzene rings is 4. The fraction of sp³-hybridized carbons (Fsp3) is 0.0625. The van der Waals surface area contributed by atoms with Crippen molar-refractivity contribution in [2.75, 3.05) is 0 Å². The number of aryl methyl sites for hydroxylation is 1. The molecule has 0 spiro atoms. The zero-order valence-electron chi connectivity index (χ0n) is 24.6. The monoisotopic (exact) mass is 676 g/mol. The minimum Gasteiger partial charge on any atom is -0.508 e. The smallest absolute Gasteiger partial charge is 0.238 e. The van der Waals surface area contributed by atoms with Crippen LogP contribution in [0, 0.1) is 6.92 Å². The molecule has 0 fully saturated rings. The first-order chi connectivity index (χ1) is 22.2. The Kier molecular flexibility index (Phi) is 9.28. The van der Waals surface area contributed by atoms with E-state index in [1.54, 1.807) is 67.6 Å². The van der Waals surface area contributed by atoms with Crippen LogP contribution in [0.2, 0.25) is 0 Å². The fourth-order valence-electron chi connectivity index (χ4n) is 4.59. The number of phenols is 2. The molecule has 0 aliphatic rings. The largest absolute Gasteiger partial charge is 0.508 e. The van der Waals surface area contributed by atoms with Crippen LogP contribution in [-0.4, -0.2) is 42.3 Å². The van der Waals surface area contributed by atoms with E-state index in [0.29, 0.717) is 45.3 Å². The lowest BCUT2D eigenvalue weighted by molar-refractivity contribution is 0.230. The summed E-state index contributed by atoms with van der Waals surface area (Å²) in [4.78, 5) is 4.38. The van der Waals surface area contributed by atoms with Gasteiger partial charge in [-0.3, -0.25) is 0 Å². The van der Waals surface area contributed by atoms with Crippen molar-refractivity contribution in [1.82, 2.24) is 10.1 Å². The van der Waals surface area contributed by atoms with Gasteiger partial charge < -0.3 is 24.3 Å². The minimum absolute atomic E-state index is 0.0144. The molecule has 6 aromatic rings. The molecule has 2 heterocycles. The summed E-state index contributed by atoms with van der Waals surface area (Å²) in [5, 5.41) is 42.4. The van der Waals surface area contributed by atoms with Crippen LogP contribution in [0.1, 0.15) is 11.7 Å². The van der Waals surface area contributed by atoms with E-state index in [0.717, 1.165) is 5.56 Å². The summed E-state index contributed by atoms with van der Waals surface area (Å²) >= 11 is 0. The van der Waals surface area contributed by atoms with Gasteiger partial charge in [0.2, 0.25) is 20.0 Å². The lowest BCUT2D eigenvalue weighted by Gasteiger charge is -2.05. The number of nitrogens with zero attached hydrogens (tertiary/aromatic N) is 2. The number of aromatic hydroxyl groups is 2. The Balaban J connectivity index is 0.000000185. The Hall–Kier alpha value is -5.32. The Labute approximate surface area is 269 Å². The predicted molar refractivity (Wildman–Crippen MR) is 171 cm³/mol. The quantitative estimate of drug-likeness (QED) is 0.158. The average molecular weight is 677 g/mol. The van der Waals surface area contributed by atoms with Crippen molar-refractivity contribution in [2.24, 2.45) is 10.3 Å². The zero-order chi connectivity index (χ0) is 33.9. The lowest BCUT2D eigenvalue weighted by Crippen LogP contribution is -2.11.